The van der Waals surface area contributed by atoms with E-state index in [4.69, 9.17) is 19.0 Å². The topological polar surface area (TPSA) is 62.2 Å². The Hall–Kier alpha value is -3.02. The van der Waals surface area contributed by atoms with Gasteiger partial charge in [0.2, 0.25) is 0 Å². The van der Waals surface area contributed by atoms with Crippen LogP contribution in [-0.2, 0) is 4.84 Å². The average molecular weight is 441 g/mol. The van der Waals surface area contributed by atoms with Gasteiger partial charge in [-0.05, 0) is 81.8 Å². The quantitative estimate of drug-likeness (QED) is 0.155. The number of hydrogen-bond acceptors (Lipinski definition) is 6. The summed E-state index contributed by atoms with van der Waals surface area (Å²) in [6, 6.07) is 7.89. The first kappa shape index (κ1) is 25.2. The Labute approximate surface area is 192 Å². The molecule has 0 atom stereocenters. The maximum atomic E-state index is 6.04. The van der Waals surface area contributed by atoms with Gasteiger partial charge >= 0.3 is 0 Å². The molecule has 0 saturated carbocycles. The number of aryl methyl sites for hydroxylation is 2. The van der Waals surface area contributed by atoms with Gasteiger partial charge < -0.3 is 19.0 Å². The van der Waals surface area contributed by atoms with Crippen molar-refractivity contribution in [2.75, 3.05) is 26.9 Å². The molecule has 0 aliphatic heterocycles. The average Bonchev–Trinajstić information content (AvgIpc) is 2.79. The van der Waals surface area contributed by atoms with E-state index >= 15 is 0 Å². The Kier molecular flexibility index (Phi) is 11.1. The highest BCUT2D eigenvalue weighted by Gasteiger charge is 2.08. The van der Waals surface area contributed by atoms with Crippen molar-refractivity contribution in [2.45, 2.75) is 53.4 Å². The highest BCUT2D eigenvalue weighted by Crippen LogP contribution is 2.28. The van der Waals surface area contributed by atoms with Crippen molar-refractivity contribution in [1.82, 2.24) is 4.98 Å². The molecular weight excluding hydrogens is 404 g/mol. The van der Waals surface area contributed by atoms with E-state index < -0.39 is 0 Å². The molecule has 0 amide bonds. The molecule has 0 aliphatic carbocycles. The van der Waals surface area contributed by atoms with Gasteiger partial charge in [-0.3, -0.25) is 4.98 Å². The number of unbranched alkanes of at least 4 members (excludes halogenated alkanes) is 2. The SMILES string of the molecule is C/C=C/COc1cc(C)c(OCCCCCOc2ccc(/C(CC)=N/OC)nc2)c(C)c1. The Balaban J connectivity index is 1.68. The molecule has 0 unspecified atom stereocenters. The van der Waals surface area contributed by atoms with Gasteiger partial charge in [-0.25, -0.2) is 0 Å². The maximum absolute atomic E-state index is 6.04. The monoisotopic (exact) mass is 440 g/mol. The molecule has 2 aromatic rings. The van der Waals surface area contributed by atoms with E-state index in [0.717, 1.165) is 65.5 Å². The van der Waals surface area contributed by atoms with Crippen molar-refractivity contribution in [3.05, 3.63) is 59.4 Å². The molecular formula is C26H36N2O4. The smallest absolute Gasteiger partial charge is 0.137 e. The third-order valence-corrected chi connectivity index (χ3v) is 4.89. The summed E-state index contributed by atoms with van der Waals surface area (Å²) in [5, 5.41) is 3.99. The number of ether oxygens (including phenoxy) is 3. The van der Waals surface area contributed by atoms with Crippen LogP contribution in [0.2, 0.25) is 0 Å². The molecule has 174 valence electrons. The molecule has 1 heterocycles. The summed E-state index contributed by atoms with van der Waals surface area (Å²) in [6.07, 6.45) is 9.45. The minimum absolute atomic E-state index is 0.583. The molecule has 0 fully saturated rings. The van der Waals surface area contributed by atoms with Gasteiger partial charge in [0.15, 0.2) is 0 Å². The standard InChI is InChI=1S/C26H36N2O4/c1-6-8-14-31-23-17-20(3)26(21(4)18-23)32-16-11-9-10-15-30-22-12-13-25(27-19-22)24(7-2)28-29-5/h6,8,12-13,17-19H,7,9-11,14-16H2,1-5H3/b8-6+,28-24+. The van der Waals surface area contributed by atoms with Crippen LogP contribution in [0, 0.1) is 13.8 Å². The predicted octanol–water partition coefficient (Wildman–Crippen LogP) is 6.04. The summed E-state index contributed by atoms with van der Waals surface area (Å²) in [5.41, 5.74) is 3.82. The van der Waals surface area contributed by atoms with Gasteiger partial charge in [0, 0.05) is 0 Å². The summed E-state index contributed by atoms with van der Waals surface area (Å²) < 4.78 is 17.6. The van der Waals surface area contributed by atoms with Crippen LogP contribution in [0.4, 0.5) is 0 Å². The molecule has 32 heavy (non-hydrogen) atoms. The number of nitrogens with zero attached hydrogens (tertiary/aromatic N) is 2. The highest BCUT2D eigenvalue weighted by molar-refractivity contribution is 5.98. The van der Waals surface area contributed by atoms with E-state index in [1.807, 2.05) is 50.3 Å². The van der Waals surface area contributed by atoms with Crippen LogP contribution in [0.1, 0.15) is 56.4 Å². The lowest BCUT2D eigenvalue weighted by molar-refractivity contribution is 0.213. The zero-order chi connectivity index (χ0) is 23.2. The van der Waals surface area contributed by atoms with Gasteiger partial charge in [0.05, 0.1) is 25.1 Å². The second-order valence-corrected chi connectivity index (χ2v) is 7.48. The fraction of sp³-hybridized carbons (Fsp3) is 0.462. The molecule has 0 radical (unpaired) electrons. The minimum Gasteiger partial charge on any atom is -0.493 e. The Morgan fingerprint density at radius 2 is 1.69 bits per heavy atom. The fourth-order valence-corrected chi connectivity index (χ4v) is 3.25. The zero-order valence-electron chi connectivity index (χ0n) is 20.0. The summed E-state index contributed by atoms with van der Waals surface area (Å²) in [4.78, 5) is 9.26. The lowest BCUT2D eigenvalue weighted by atomic mass is 10.1. The number of aromatic nitrogens is 1. The van der Waals surface area contributed by atoms with Crippen LogP contribution in [0.3, 0.4) is 0 Å². The Bertz CT molecular complexity index is 853. The molecule has 2 rings (SSSR count). The fourth-order valence-electron chi connectivity index (χ4n) is 3.25. The lowest BCUT2D eigenvalue weighted by Crippen LogP contribution is -2.05. The minimum atomic E-state index is 0.583. The van der Waals surface area contributed by atoms with Crippen LogP contribution in [0.25, 0.3) is 0 Å². The van der Waals surface area contributed by atoms with E-state index in [2.05, 4.69) is 24.0 Å². The molecule has 6 nitrogen and oxygen atoms in total. The van der Waals surface area contributed by atoms with Gasteiger partial charge in [-0.15, -0.1) is 0 Å². The summed E-state index contributed by atoms with van der Waals surface area (Å²) in [7, 11) is 1.54. The number of benzene rings is 1. The van der Waals surface area contributed by atoms with E-state index in [1.165, 1.54) is 0 Å². The lowest BCUT2D eigenvalue weighted by Gasteiger charge is -2.14. The second kappa shape index (κ2) is 14.1. The first-order valence-corrected chi connectivity index (χ1v) is 11.3. The van der Waals surface area contributed by atoms with Gasteiger partial charge in [0.1, 0.15) is 36.7 Å². The molecule has 0 spiro atoms. The molecule has 0 aliphatic rings. The maximum Gasteiger partial charge on any atom is 0.137 e. The molecule has 0 saturated heterocycles. The number of rotatable bonds is 14. The van der Waals surface area contributed by atoms with Gasteiger partial charge in [-0.2, -0.15) is 0 Å². The number of allylic oxidation sites excluding steroid dienone is 1. The summed E-state index contributed by atoms with van der Waals surface area (Å²) >= 11 is 0. The second-order valence-electron chi connectivity index (χ2n) is 7.48. The largest absolute Gasteiger partial charge is 0.493 e. The summed E-state index contributed by atoms with van der Waals surface area (Å²) in [5.74, 6) is 2.59. The van der Waals surface area contributed by atoms with Crippen LogP contribution in [0.15, 0.2) is 47.8 Å². The van der Waals surface area contributed by atoms with E-state index in [0.29, 0.717) is 19.8 Å². The van der Waals surface area contributed by atoms with Crippen molar-refractivity contribution in [3.8, 4) is 17.2 Å². The number of hydrogen-bond donors (Lipinski definition) is 0. The van der Waals surface area contributed by atoms with Crippen molar-refractivity contribution in [1.29, 1.82) is 0 Å². The molecule has 1 aromatic heterocycles. The van der Waals surface area contributed by atoms with E-state index in [-0.39, 0.29) is 0 Å². The first-order valence-electron chi connectivity index (χ1n) is 11.3. The molecule has 6 heteroatoms. The third kappa shape index (κ3) is 8.25. The Morgan fingerprint density at radius 3 is 2.28 bits per heavy atom. The summed E-state index contributed by atoms with van der Waals surface area (Å²) in [6.45, 7) is 10.1. The predicted molar refractivity (Wildman–Crippen MR) is 129 cm³/mol. The highest BCUT2D eigenvalue weighted by atomic mass is 16.6. The van der Waals surface area contributed by atoms with Gasteiger partial charge in [0.25, 0.3) is 0 Å². The number of oxime groups is 1. The van der Waals surface area contributed by atoms with Crippen molar-refractivity contribution in [2.24, 2.45) is 5.16 Å². The number of pyridine rings is 1. The zero-order valence-corrected chi connectivity index (χ0v) is 20.0. The van der Waals surface area contributed by atoms with Crippen LogP contribution in [0.5, 0.6) is 17.2 Å². The molecule has 0 N–H and O–H groups in total. The van der Waals surface area contributed by atoms with E-state index in [1.54, 1.807) is 13.3 Å². The van der Waals surface area contributed by atoms with Crippen molar-refractivity contribution < 1.29 is 19.0 Å². The van der Waals surface area contributed by atoms with Crippen molar-refractivity contribution in [3.63, 3.8) is 0 Å². The third-order valence-electron chi connectivity index (χ3n) is 4.89. The first-order chi connectivity index (χ1) is 15.6. The normalized spacial score (nSPS) is 11.6. The Morgan fingerprint density at radius 1 is 0.969 bits per heavy atom. The van der Waals surface area contributed by atoms with Crippen LogP contribution < -0.4 is 14.2 Å². The molecule has 0 bridgehead atoms. The van der Waals surface area contributed by atoms with Crippen LogP contribution in [-0.4, -0.2) is 37.6 Å². The van der Waals surface area contributed by atoms with E-state index in [9.17, 15) is 0 Å². The molecule has 1 aromatic carbocycles. The van der Waals surface area contributed by atoms with Crippen LogP contribution >= 0.6 is 0 Å². The van der Waals surface area contributed by atoms with Gasteiger partial charge in [-0.1, -0.05) is 24.2 Å². The van der Waals surface area contributed by atoms with Crippen molar-refractivity contribution >= 4 is 5.71 Å².